The van der Waals surface area contributed by atoms with Crippen molar-refractivity contribution in [2.75, 3.05) is 19.8 Å². The van der Waals surface area contributed by atoms with E-state index < -0.39 is 316 Å². The highest BCUT2D eigenvalue weighted by Crippen LogP contribution is 2.51. The Balaban J connectivity index is 1.04. The summed E-state index contributed by atoms with van der Waals surface area (Å²) in [4.78, 5) is 138. The fourth-order valence-electron chi connectivity index (χ4n) is 16.5. The third-order valence-corrected chi connectivity index (χ3v) is 24.0. The highest BCUT2D eigenvalue weighted by molar-refractivity contribution is 6.32. The number of phenolic OH excluding ortho intramolecular Hbond substituents is 4. The van der Waals surface area contributed by atoms with Crippen LogP contribution in [0.1, 0.15) is 140 Å². The number of nitrogens with two attached hydrogens (primary N) is 1. The normalized spacial score (nSPS) is 28.9. The molecule has 0 saturated carbocycles. The van der Waals surface area contributed by atoms with Crippen molar-refractivity contribution in [1.29, 1.82) is 0 Å². The van der Waals surface area contributed by atoms with E-state index in [0.717, 1.165) is 124 Å². The predicted molar refractivity (Wildman–Crippen MR) is 453 cm³/mol. The van der Waals surface area contributed by atoms with E-state index in [4.69, 9.17) is 71.6 Å². The molecule has 132 heavy (non-hydrogen) atoms. The van der Waals surface area contributed by atoms with E-state index in [1.54, 1.807) is 0 Å². The van der Waals surface area contributed by atoms with Gasteiger partial charge in [-0.1, -0.05) is 92.9 Å². The smallest absolute Gasteiger partial charge is 0.330 e. The van der Waals surface area contributed by atoms with E-state index in [-0.39, 0.29) is 39.8 Å². The molecule has 8 amide bonds. The number of aliphatic hydroxyl groups excluding tert-OH is 10. The maximum Gasteiger partial charge on any atom is 0.330 e. The lowest BCUT2D eigenvalue weighted by Gasteiger charge is -2.44. The van der Waals surface area contributed by atoms with E-state index >= 15 is 24.0 Å². The number of benzene rings is 7. The average molecular weight is 1880 g/mol. The van der Waals surface area contributed by atoms with Gasteiger partial charge in [-0.3, -0.25) is 38.4 Å². The lowest BCUT2D eigenvalue weighted by molar-refractivity contribution is -0.284. The Morgan fingerprint density at radius 2 is 1.03 bits per heavy atom. The number of aromatic hydroxyl groups is 4. The molecule has 0 aliphatic carbocycles. The molecule has 23 atom stereocenters. The number of hydrogen-bond donors (Lipinski definition) is 24. The largest absolute Gasteiger partial charge is 0.508 e. The lowest BCUT2D eigenvalue weighted by Crippen LogP contribution is -2.65. The second-order valence-corrected chi connectivity index (χ2v) is 33.5. The van der Waals surface area contributed by atoms with E-state index in [2.05, 4.69) is 49.5 Å². The van der Waals surface area contributed by atoms with Gasteiger partial charge in [-0.2, -0.15) is 0 Å². The Hall–Kier alpha value is -12.1. The van der Waals surface area contributed by atoms with Crippen molar-refractivity contribution in [2.24, 2.45) is 5.73 Å². The molecule has 7 aromatic rings. The topological polar surface area (TPSA) is 662 Å². The summed E-state index contributed by atoms with van der Waals surface area (Å²) in [5, 5.41) is 190. The van der Waals surface area contributed by atoms with Crippen LogP contribution >= 0.6 is 23.2 Å². The number of halogens is 2. The zero-order valence-corrected chi connectivity index (χ0v) is 71.6. The average Bonchev–Trinajstić information content (AvgIpc) is 0.757. The third kappa shape index (κ3) is 20.7. The maximum absolute atomic E-state index is 17.0. The number of phenols is 4. The summed E-state index contributed by atoms with van der Waals surface area (Å²) >= 11 is 14.7. The van der Waals surface area contributed by atoms with Gasteiger partial charge in [0.1, 0.15) is 156 Å². The van der Waals surface area contributed by atoms with E-state index in [9.17, 15) is 95.8 Å². The number of nitrogens with one attached hydrogen (secondary N) is 8. The predicted octanol–water partition coefficient (Wildman–Crippen LogP) is 1.16. The molecule has 42 nitrogen and oxygen atoms in total. The first-order valence-electron chi connectivity index (χ1n) is 42.1. The zero-order valence-electron chi connectivity index (χ0n) is 70.1. The van der Waals surface area contributed by atoms with E-state index in [1.165, 1.54) is 30.3 Å². The Labute approximate surface area is 759 Å². The van der Waals surface area contributed by atoms with Crippen LogP contribution in [0.4, 0.5) is 0 Å². The number of unbranched alkanes of at least 4 members (excludes halogenated alkanes) is 6. The Morgan fingerprint density at radius 3 is 1.66 bits per heavy atom. The minimum absolute atomic E-state index is 0.0272. The van der Waals surface area contributed by atoms with Gasteiger partial charge < -0.3 is 167 Å². The molecular formula is C88H97Cl2N9O33. The van der Waals surface area contributed by atoms with Crippen LogP contribution in [0, 0.1) is 0 Å². The van der Waals surface area contributed by atoms with Gasteiger partial charge in [0.05, 0.1) is 29.9 Å². The molecule has 7 aromatic carbocycles. The van der Waals surface area contributed by atoms with Crippen LogP contribution in [-0.4, -0.2) is 254 Å². The summed E-state index contributed by atoms with van der Waals surface area (Å²) in [6, 6.07) is 0.681. The monoisotopic (exact) mass is 1880 g/mol. The van der Waals surface area contributed by atoms with Crippen molar-refractivity contribution in [1.82, 2.24) is 42.5 Å². The summed E-state index contributed by atoms with van der Waals surface area (Å²) in [7, 11) is 0. The van der Waals surface area contributed by atoms with Gasteiger partial charge in [-0.15, -0.1) is 0 Å². The van der Waals surface area contributed by atoms with Crippen LogP contribution in [-0.2, 0) is 68.5 Å². The molecule has 0 aromatic heterocycles. The number of aliphatic carboxylic acids is 1. The van der Waals surface area contributed by atoms with E-state index in [1.807, 2.05) is 0 Å². The van der Waals surface area contributed by atoms with Crippen LogP contribution in [0.3, 0.4) is 0 Å². The maximum atomic E-state index is 17.0. The highest BCUT2D eigenvalue weighted by atomic mass is 35.5. The molecule has 16 rings (SSSR count). The number of aliphatic hydroxyl groups is 10. The third-order valence-electron chi connectivity index (χ3n) is 23.5. The van der Waals surface area contributed by atoms with Crippen LogP contribution < -0.4 is 72.0 Å². The molecule has 0 radical (unpaired) electrons. The molecule has 706 valence electrons. The number of fused-ring (bicyclic) bond motifs is 14. The molecule has 17 bridgehead atoms. The second-order valence-electron chi connectivity index (χ2n) is 32.7. The fraction of sp³-hybridized carbons (Fsp3) is 0.420. The number of hydrogen-bond acceptors (Lipinski definition) is 33. The molecule has 25 N–H and O–H groups in total. The van der Waals surface area contributed by atoms with Crippen molar-refractivity contribution in [3.8, 4) is 80.1 Å². The second kappa shape index (κ2) is 41.0. The number of carbonyl (C=O) groups excluding carboxylic acids is 8. The molecule has 3 saturated heterocycles. The number of carbonyl (C=O) groups is 9. The Morgan fingerprint density at radius 1 is 0.485 bits per heavy atom. The molecule has 9 aliphatic heterocycles. The number of amides is 8. The molecule has 3 fully saturated rings. The van der Waals surface area contributed by atoms with Gasteiger partial charge in [-0.25, -0.2) is 4.79 Å². The van der Waals surface area contributed by atoms with Crippen molar-refractivity contribution < 1.29 is 162 Å². The molecule has 9 heterocycles. The minimum Gasteiger partial charge on any atom is -0.508 e. The number of carboxylic acids is 1. The van der Waals surface area contributed by atoms with E-state index in [0.29, 0.717) is 12.8 Å². The molecule has 0 unspecified atom stereocenters. The summed E-state index contributed by atoms with van der Waals surface area (Å²) in [6.07, 6.45) is -23.8. The molecular weight excluding hydrogens is 1780 g/mol. The number of carboxylic acid groups (broad SMARTS) is 1. The number of rotatable bonds is 20. The Kier molecular flexibility index (Phi) is 29.8. The van der Waals surface area contributed by atoms with Crippen molar-refractivity contribution in [2.45, 2.75) is 212 Å². The molecule has 44 heteroatoms. The van der Waals surface area contributed by atoms with Crippen molar-refractivity contribution in [3.63, 3.8) is 0 Å². The van der Waals surface area contributed by atoms with Gasteiger partial charge in [0.15, 0.2) is 35.3 Å². The summed E-state index contributed by atoms with van der Waals surface area (Å²) in [6.45, 7) is -0.110. The lowest BCUT2D eigenvalue weighted by atomic mass is 9.89. The molecule has 9 aliphatic rings. The minimum atomic E-state index is -2.59. The summed E-state index contributed by atoms with van der Waals surface area (Å²) in [5.41, 5.74) is 2.79. The SMILES string of the molecule is CCCCCCCCCC(=O)N[C@H]1[C@H](Oc2c3cc4cc2Oc2ccc(cc2Cl)[C@@H](O[C@@H]2O[C@H](CO)[C@@H](O)[C@H](O)[C@H]2NC(C)=O)[C@@H]2NC(=O)[C@H](NC(=O)[C@@H]4NC(=O)[C@H]4NC(=O)[C@@H](Cc5ccc(c(Cl)c5)O3)NC(=O)[C@H](N)c3ccc(O)c(c3)Oc3cc(O)cc4c3)c3ccc(O)c(c3)-c3c(O[C@H]4O[C@H](CO)[C@@H](O)[C@H](O)[C@@H]4O)cc(O)cc3[C@H](C(=O)O)NC2=O)O[C@H](CO)[C@@H](O)[C@@H]1O. The summed E-state index contributed by atoms with van der Waals surface area (Å²) < 4.78 is 57.5. The van der Waals surface area contributed by atoms with Crippen LogP contribution in [0.25, 0.3) is 11.1 Å². The summed E-state index contributed by atoms with van der Waals surface area (Å²) in [5.74, 6) is -19.5. The van der Waals surface area contributed by atoms with Gasteiger partial charge in [0, 0.05) is 48.6 Å². The van der Waals surface area contributed by atoms with Gasteiger partial charge in [0.25, 0.3) is 0 Å². The van der Waals surface area contributed by atoms with Gasteiger partial charge >= 0.3 is 5.97 Å². The van der Waals surface area contributed by atoms with Gasteiger partial charge in [-0.05, 0) is 119 Å². The first-order chi connectivity index (χ1) is 63.0. The fourth-order valence-corrected chi connectivity index (χ4v) is 17.0. The van der Waals surface area contributed by atoms with Gasteiger partial charge in [0.2, 0.25) is 65.6 Å². The Bertz CT molecular complexity index is 5540. The standard InChI is InChI=1S/C88H97Cl2N9O33/c1-3-4-5-6-7-8-9-10-60(108)94-68-74(113)71(110)58(32-101)129-87(68)132-78-55-26-40-27-56(78)126-52-18-14-38(24-47(52)90)77(131-86-67(92-34(2)103)73(112)70(109)57(31-100)128-86)69-84(121)98-66(85(122)123)45-29-42(105)30-54(127-88-76(115)75(114)72(111)59(33-102)130-88)61(45)44-23-37(13-15-49(44)106)63(81(118)99-69)96-83(120)65(40)97-82(119)64-39-21-41(104)28-43(22-39)124-53-25-36(12-16-50(53)107)62(91)80(117)93-48(79(116)95-64)20-35-11-17-51(125-55)46(89)19-35/h11-19,21-30,48,57-59,62-77,86-88,100-102,104-107,109-115H,3-10,20,31-33,91H2,1-2H3,(H,92,103)(H,93,117)(H,94,108)(H,95,116)(H,96,120)(H,97,119)(H,98,121)(H,99,118)(H,122,123)/t48-,57-,58-,59-,62-,63-,64+,65-,66-,67-,68-,69+,70-,71-,72-,73-,74-,75+,76+,77-,86+,87+,88+/m1/s1. The number of ether oxygens (including phenoxy) is 9. The highest BCUT2D eigenvalue weighted by Gasteiger charge is 2.52. The van der Waals surface area contributed by atoms with Crippen molar-refractivity contribution >= 4 is 76.4 Å². The quantitative estimate of drug-likeness (QED) is 0.0476. The first kappa shape index (κ1) is 96.0. The first-order valence-corrected chi connectivity index (χ1v) is 42.9. The van der Waals surface area contributed by atoms with Crippen molar-refractivity contribution in [3.05, 3.63) is 164 Å². The molecule has 0 spiro atoms. The van der Waals surface area contributed by atoms with Crippen LogP contribution in [0.5, 0.6) is 69.0 Å². The van der Waals surface area contributed by atoms with Crippen LogP contribution in [0.2, 0.25) is 10.0 Å². The zero-order chi connectivity index (χ0) is 94.7. The van der Waals surface area contributed by atoms with Crippen LogP contribution in [0.15, 0.2) is 115 Å².